The predicted molar refractivity (Wildman–Crippen MR) is 118 cm³/mol. The fraction of sp³-hybridized carbons (Fsp3) is 0.650. The van der Waals surface area contributed by atoms with Crippen molar-refractivity contribution in [1.29, 1.82) is 0 Å². The van der Waals surface area contributed by atoms with Crippen LogP contribution in [0.1, 0.15) is 20.3 Å². The number of benzene rings is 1. The minimum absolute atomic E-state index is 0.178. The van der Waals surface area contributed by atoms with Gasteiger partial charge in [0.15, 0.2) is 0 Å². The Labute approximate surface area is 181 Å². The fourth-order valence-electron chi connectivity index (χ4n) is 3.40. The number of anilines is 1. The largest absolute Gasteiger partial charge is 0.379 e. The molecular weight excluding hydrogens is 417 g/mol. The molecule has 3 rings (SSSR count). The van der Waals surface area contributed by atoms with E-state index in [2.05, 4.69) is 29.4 Å². The summed E-state index contributed by atoms with van der Waals surface area (Å²) in [6.45, 7) is 8.33. The third-order valence-electron chi connectivity index (χ3n) is 5.29. The van der Waals surface area contributed by atoms with Crippen molar-refractivity contribution in [3.05, 3.63) is 24.3 Å². The number of carbonyl (C=O) groups excluding carboxylic acids is 1. The lowest BCUT2D eigenvalue weighted by atomic mass is 10.0. The van der Waals surface area contributed by atoms with Gasteiger partial charge in [0.25, 0.3) is 0 Å². The number of hydrogen-bond acceptors (Lipinski definition) is 4. The molecule has 0 spiro atoms. The maximum atomic E-state index is 12.5. The van der Waals surface area contributed by atoms with E-state index in [-0.39, 0.29) is 6.03 Å². The van der Waals surface area contributed by atoms with E-state index in [4.69, 9.17) is 27.9 Å². The van der Waals surface area contributed by atoms with Gasteiger partial charge in [-0.3, -0.25) is 4.90 Å². The Bertz CT molecular complexity index is 669. The molecular formula is C20H29Cl2N3O2S. The molecule has 1 aromatic rings. The Balaban J connectivity index is 1.51. The first kappa shape index (κ1) is 22.0. The number of alkyl halides is 2. The second-order valence-corrected chi connectivity index (χ2v) is 10.4. The summed E-state index contributed by atoms with van der Waals surface area (Å²) in [5, 5.41) is 6.04. The topological polar surface area (TPSA) is 53.6 Å². The SMILES string of the molecule is CC(C)C(CNC(=O)Nc1ccccc1SCC1CC1(Cl)Cl)N1CCOCC1. The van der Waals surface area contributed by atoms with Crippen LogP contribution in [0.5, 0.6) is 0 Å². The second-order valence-electron chi connectivity index (χ2n) is 7.76. The first-order valence-electron chi connectivity index (χ1n) is 9.83. The Morgan fingerprint density at radius 3 is 2.64 bits per heavy atom. The van der Waals surface area contributed by atoms with Gasteiger partial charge in [0.1, 0.15) is 4.33 Å². The van der Waals surface area contributed by atoms with Crippen LogP contribution >= 0.6 is 35.0 Å². The smallest absolute Gasteiger partial charge is 0.319 e. The van der Waals surface area contributed by atoms with Crippen LogP contribution in [-0.4, -0.2) is 59.9 Å². The van der Waals surface area contributed by atoms with Crippen LogP contribution in [0, 0.1) is 11.8 Å². The van der Waals surface area contributed by atoms with Gasteiger partial charge in [-0.05, 0) is 24.5 Å². The minimum Gasteiger partial charge on any atom is -0.379 e. The van der Waals surface area contributed by atoms with E-state index < -0.39 is 4.33 Å². The number of nitrogens with zero attached hydrogens (tertiary/aromatic N) is 1. The summed E-state index contributed by atoms with van der Waals surface area (Å²) >= 11 is 13.9. The highest BCUT2D eigenvalue weighted by molar-refractivity contribution is 7.99. The molecule has 8 heteroatoms. The lowest BCUT2D eigenvalue weighted by Gasteiger charge is -2.36. The highest BCUT2D eigenvalue weighted by Gasteiger charge is 2.51. The molecule has 1 aliphatic carbocycles. The van der Waals surface area contributed by atoms with Crippen LogP contribution in [0.3, 0.4) is 0 Å². The van der Waals surface area contributed by atoms with E-state index in [0.29, 0.717) is 24.4 Å². The second kappa shape index (κ2) is 9.90. The number of amides is 2. The van der Waals surface area contributed by atoms with Crippen LogP contribution < -0.4 is 10.6 Å². The van der Waals surface area contributed by atoms with Crippen LogP contribution in [0.2, 0.25) is 0 Å². The molecule has 0 bridgehead atoms. The van der Waals surface area contributed by atoms with Crippen molar-refractivity contribution in [2.75, 3.05) is 43.9 Å². The predicted octanol–water partition coefficient (Wildman–Crippen LogP) is 4.45. The summed E-state index contributed by atoms with van der Waals surface area (Å²) in [6, 6.07) is 7.95. The van der Waals surface area contributed by atoms with Gasteiger partial charge >= 0.3 is 6.03 Å². The van der Waals surface area contributed by atoms with Crippen molar-refractivity contribution in [1.82, 2.24) is 10.2 Å². The number of morpholine rings is 1. The van der Waals surface area contributed by atoms with Crippen molar-refractivity contribution in [3.8, 4) is 0 Å². The van der Waals surface area contributed by atoms with E-state index in [0.717, 1.165) is 49.1 Å². The number of thioether (sulfide) groups is 1. The third kappa shape index (κ3) is 6.17. The van der Waals surface area contributed by atoms with E-state index in [9.17, 15) is 4.79 Å². The standard InChI is InChI=1S/C20H29Cl2N3O2S/c1-14(2)17(25-7-9-27-10-8-25)12-23-19(26)24-16-5-3-4-6-18(16)28-13-15-11-20(15,21)22/h3-6,14-15,17H,7-13H2,1-2H3,(H2,23,24,26). The summed E-state index contributed by atoms with van der Waals surface area (Å²) in [4.78, 5) is 15.9. The lowest BCUT2D eigenvalue weighted by molar-refractivity contribution is 0.00728. The van der Waals surface area contributed by atoms with E-state index in [1.165, 1.54) is 0 Å². The first-order valence-corrected chi connectivity index (χ1v) is 11.6. The van der Waals surface area contributed by atoms with Crippen molar-refractivity contribution < 1.29 is 9.53 Å². The maximum Gasteiger partial charge on any atom is 0.319 e. The van der Waals surface area contributed by atoms with Crippen molar-refractivity contribution in [2.24, 2.45) is 11.8 Å². The average molecular weight is 446 g/mol. The zero-order valence-electron chi connectivity index (χ0n) is 16.4. The third-order valence-corrected chi connectivity index (χ3v) is 7.45. The molecule has 2 atom stereocenters. The summed E-state index contributed by atoms with van der Waals surface area (Å²) in [5.74, 6) is 1.61. The summed E-state index contributed by atoms with van der Waals surface area (Å²) in [5.41, 5.74) is 0.813. The van der Waals surface area contributed by atoms with E-state index in [1.54, 1.807) is 11.8 Å². The van der Waals surface area contributed by atoms with Crippen molar-refractivity contribution in [2.45, 2.75) is 35.5 Å². The van der Waals surface area contributed by atoms with Gasteiger partial charge in [-0.1, -0.05) is 26.0 Å². The van der Waals surface area contributed by atoms with Crippen molar-refractivity contribution >= 4 is 46.7 Å². The minimum atomic E-state index is -0.571. The molecule has 1 aliphatic heterocycles. The van der Waals surface area contributed by atoms with Crippen LogP contribution in [0.25, 0.3) is 0 Å². The number of rotatable bonds is 8. The number of halogens is 2. The monoisotopic (exact) mass is 445 g/mol. The van der Waals surface area contributed by atoms with Gasteiger partial charge in [-0.2, -0.15) is 0 Å². The molecule has 2 unspecified atom stereocenters. The zero-order chi connectivity index (χ0) is 20.1. The highest BCUT2D eigenvalue weighted by atomic mass is 35.5. The number of urea groups is 1. The first-order chi connectivity index (χ1) is 13.4. The Hall–Kier alpha value is -0.660. The van der Waals surface area contributed by atoms with Gasteiger partial charge in [-0.25, -0.2) is 4.79 Å². The van der Waals surface area contributed by atoms with Gasteiger partial charge in [0.2, 0.25) is 0 Å². The maximum absolute atomic E-state index is 12.5. The number of nitrogens with one attached hydrogen (secondary N) is 2. The molecule has 156 valence electrons. The Morgan fingerprint density at radius 1 is 1.32 bits per heavy atom. The highest BCUT2D eigenvalue weighted by Crippen LogP contribution is 2.55. The van der Waals surface area contributed by atoms with Gasteiger partial charge in [0.05, 0.1) is 18.9 Å². The quantitative estimate of drug-likeness (QED) is 0.458. The van der Waals surface area contributed by atoms with Crippen LogP contribution in [0.4, 0.5) is 10.5 Å². The van der Waals surface area contributed by atoms with Crippen molar-refractivity contribution in [3.63, 3.8) is 0 Å². The molecule has 5 nitrogen and oxygen atoms in total. The average Bonchev–Trinajstić information content (AvgIpc) is 3.28. The molecule has 0 radical (unpaired) electrons. The van der Waals surface area contributed by atoms with E-state index in [1.807, 2.05) is 24.3 Å². The van der Waals surface area contributed by atoms with Crippen LogP contribution in [0.15, 0.2) is 29.2 Å². The number of carbonyl (C=O) groups is 1. The molecule has 2 N–H and O–H groups in total. The number of para-hydroxylation sites is 1. The van der Waals surface area contributed by atoms with Gasteiger partial charge in [-0.15, -0.1) is 35.0 Å². The normalized spacial score (nSPS) is 22.7. The van der Waals surface area contributed by atoms with Gasteiger partial charge in [0, 0.05) is 42.2 Å². The summed E-state index contributed by atoms with van der Waals surface area (Å²) < 4.78 is 4.87. The van der Waals surface area contributed by atoms with Gasteiger partial charge < -0.3 is 15.4 Å². The molecule has 2 aliphatic rings. The molecule has 2 fully saturated rings. The molecule has 1 saturated carbocycles. The summed E-state index contributed by atoms with van der Waals surface area (Å²) in [6.07, 6.45) is 0.831. The molecule has 1 aromatic carbocycles. The summed E-state index contributed by atoms with van der Waals surface area (Å²) in [7, 11) is 0. The fourth-order valence-corrected chi connectivity index (χ4v) is 5.34. The molecule has 0 aromatic heterocycles. The molecule has 1 heterocycles. The van der Waals surface area contributed by atoms with E-state index >= 15 is 0 Å². The number of hydrogen-bond donors (Lipinski definition) is 2. The molecule has 28 heavy (non-hydrogen) atoms. The Morgan fingerprint density at radius 2 is 2.00 bits per heavy atom. The van der Waals surface area contributed by atoms with Crippen LogP contribution in [-0.2, 0) is 4.74 Å². The molecule has 2 amide bonds. The molecule has 1 saturated heterocycles. The number of ether oxygens (including phenoxy) is 1. The lowest BCUT2D eigenvalue weighted by Crippen LogP contribution is -2.51. The zero-order valence-corrected chi connectivity index (χ0v) is 18.7. The Kier molecular flexibility index (Phi) is 7.79.